The van der Waals surface area contributed by atoms with E-state index in [1.807, 2.05) is 24.3 Å². The Morgan fingerprint density at radius 2 is 1.26 bits per heavy atom. The van der Waals surface area contributed by atoms with E-state index in [2.05, 4.69) is 0 Å². The molecule has 7 rings (SSSR count). The number of rotatable bonds is 3. The molecule has 2 amide bonds. The Labute approximate surface area is 207 Å². The van der Waals surface area contributed by atoms with E-state index in [1.165, 1.54) is 24.2 Å². The summed E-state index contributed by atoms with van der Waals surface area (Å²) in [4.78, 5) is 28.3. The molecule has 5 nitrogen and oxygen atoms in total. The van der Waals surface area contributed by atoms with Crippen molar-refractivity contribution in [3.63, 3.8) is 0 Å². The van der Waals surface area contributed by atoms with Crippen LogP contribution in [0.3, 0.4) is 0 Å². The quantitative estimate of drug-likeness (QED) is 0.324. The third-order valence-electron chi connectivity index (χ3n) is 8.08. The molecule has 31 heavy (non-hydrogen) atoms. The van der Waals surface area contributed by atoms with Gasteiger partial charge in [0.15, 0.2) is 6.29 Å². The number of carbonyl (C=O) groups excluding carboxylic acids is 2. The van der Waals surface area contributed by atoms with Crippen LogP contribution in [0.2, 0.25) is 0 Å². The number of carbonyl (C=O) groups is 2. The molecule has 0 spiro atoms. The van der Waals surface area contributed by atoms with E-state index in [0.29, 0.717) is 34.3 Å². The first-order valence-electron chi connectivity index (χ1n) is 10.7. The molecule has 7 heteroatoms. The molecular formula is C24H25NO4Rh2. The first-order chi connectivity index (χ1) is 14.0. The van der Waals surface area contributed by atoms with E-state index in [0.717, 1.165) is 24.6 Å². The van der Waals surface area contributed by atoms with Gasteiger partial charge in [0.2, 0.25) is 0 Å². The van der Waals surface area contributed by atoms with Crippen molar-refractivity contribution in [2.45, 2.75) is 50.9 Å². The third kappa shape index (κ3) is 3.31. The molecule has 2 radical (unpaired) electrons. The van der Waals surface area contributed by atoms with Crippen LogP contribution >= 0.6 is 0 Å². The van der Waals surface area contributed by atoms with Gasteiger partial charge in [0.05, 0.1) is 6.04 Å². The number of benzene rings is 2. The van der Waals surface area contributed by atoms with Gasteiger partial charge in [0.25, 0.3) is 11.8 Å². The fourth-order valence-electron chi connectivity index (χ4n) is 7.57. The molecule has 4 aliphatic carbocycles. The van der Waals surface area contributed by atoms with E-state index in [-0.39, 0.29) is 44.4 Å². The van der Waals surface area contributed by atoms with E-state index in [1.54, 1.807) is 12.1 Å². The van der Waals surface area contributed by atoms with Gasteiger partial charge in [-0.25, -0.2) is 0 Å². The van der Waals surface area contributed by atoms with Crippen molar-refractivity contribution >= 4 is 22.6 Å². The van der Waals surface area contributed by atoms with Gasteiger partial charge in [-0.15, -0.1) is 0 Å². The van der Waals surface area contributed by atoms with E-state index < -0.39 is 24.1 Å². The summed E-state index contributed by atoms with van der Waals surface area (Å²) in [6, 6.07) is 10.0. The Morgan fingerprint density at radius 3 is 1.68 bits per heavy atom. The Balaban J connectivity index is 0.00000116. The predicted octanol–water partition coefficient (Wildman–Crippen LogP) is 3.33. The summed E-state index contributed by atoms with van der Waals surface area (Å²) in [5.74, 6) is 0.941. The van der Waals surface area contributed by atoms with Crippen molar-refractivity contribution in [1.82, 2.24) is 4.90 Å². The zero-order valence-corrected chi connectivity index (χ0v) is 20.2. The van der Waals surface area contributed by atoms with Crippen molar-refractivity contribution < 1.29 is 58.8 Å². The van der Waals surface area contributed by atoms with Crippen LogP contribution in [0.5, 0.6) is 0 Å². The SMILES string of the molecule is O=C1c2cccc3cccc(c23)C(=O)N1C(C(O)O)C12CC3CC(CC(C3)C1)C2.[Rh].[Rh]. The molecule has 0 saturated heterocycles. The van der Waals surface area contributed by atoms with Gasteiger partial charge in [0, 0.05) is 55.5 Å². The smallest absolute Gasteiger partial charge is 0.261 e. The predicted molar refractivity (Wildman–Crippen MR) is 107 cm³/mol. The van der Waals surface area contributed by atoms with Crippen molar-refractivity contribution in [2.75, 3.05) is 0 Å². The summed E-state index contributed by atoms with van der Waals surface area (Å²) in [6.45, 7) is 0. The Bertz CT molecular complexity index is 967. The van der Waals surface area contributed by atoms with E-state index >= 15 is 0 Å². The van der Waals surface area contributed by atoms with Crippen LogP contribution in [-0.2, 0) is 39.0 Å². The number of imide groups is 1. The Kier molecular flexibility index (Phi) is 6.05. The van der Waals surface area contributed by atoms with Crippen molar-refractivity contribution in [2.24, 2.45) is 23.2 Å². The minimum absolute atomic E-state index is 0. The minimum Gasteiger partial charge on any atom is -0.366 e. The van der Waals surface area contributed by atoms with Gasteiger partial charge in [-0.3, -0.25) is 14.5 Å². The second-order valence-corrected chi connectivity index (χ2v) is 9.83. The Morgan fingerprint density at radius 1 is 0.806 bits per heavy atom. The number of nitrogens with zero attached hydrogens (tertiary/aromatic N) is 1. The molecule has 1 heterocycles. The molecule has 5 aliphatic rings. The summed E-state index contributed by atoms with van der Waals surface area (Å²) in [5.41, 5.74) is 0.579. The fourth-order valence-corrected chi connectivity index (χ4v) is 7.57. The van der Waals surface area contributed by atoms with Crippen LogP contribution in [0.4, 0.5) is 0 Å². The van der Waals surface area contributed by atoms with E-state index in [4.69, 9.17) is 0 Å². The van der Waals surface area contributed by atoms with Crippen LogP contribution in [0.15, 0.2) is 36.4 Å². The first-order valence-corrected chi connectivity index (χ1v) is 10.7. The molecule has 2 N–H and O–H groups in total. The van der Waals surface area contributed by atoms with Gasteiger partial charge in [-0.05, 0) is 79.2 Å². The fraction of sp³-hybridized carbons (Fsp3) is 0.500. The molecule has 4 fully saturated rings. The molecular weight excluding hydrogens is 572 g/mol. The standard InChI is InChI=1S/C24H25NO4.2Rh/c26-21-17-5-1-3-16-4-2-6-18(19(16)17)22(27)25(21)20(23(28)29)24-10-13-7-14(11-24)9-15(8-13)12-24;;/h1-6,13-15,20,23,28-29H,7-12H2;;. The molecule has 0 aromatic heterocycles. The van der Waals surface area contributed by atoms with Crippen molar-refractivity contribution in [3.8, 4) is 0 Å². The minimum atomic E-state index is -1.73. The number of aliphatic hydroxyl groups is 2. The molecule has 2 aromatic carbocycles. The second-order valence-electron chi connectivity index (χ2n) is 9.83. The van der Waals surface area contributed by atoms with Crippen molar-refractivity contribution in [1.29, 1.82) is 0 Å². The largest absolute Gasteiger partial charge is 0.366 e. The summed E-state index contributed by atoms with van der Waals surface area (Å²) < 4.78 is 0. The monoisotopic (exact) mass is 597 g/mol. The number of hydrogen-bond acceptors (Lipinski definition) is 4. The van der Waals surface area contributed by atoms with Crippen LogP contribution in [0.1, 0.15) is 59.2 Å². The molecule has 2 aromatic rings. The van der Waals surface area contributed by atoms with Crippen LogP contribution in [0, 0.1) is 23.2 Å². The maximum atomic E-state index is 13.5. The number of aliphatic hydroxyl groups excluding tert-OH is 1. The topological polar surface area (TPSA) is 77.8 Å². The van der Waals surface area contributed by atoms with Gasteiger partial charge < -0.3 is 10.2 Å². The average molecular weight is 597 g/mol. The molecule has 4 bridgehead atoms. The summed E-state index contributed by atoms with van der Waals surface area (Å²) in [5, 5.41) is 22.6. The van der Waals surface area contributed by atoms with Crippen LogP contribution < -0.4 is 0 Å². The van der Waals surface area contributed by atoms with Gasteiger partial charge in [-0.2, -0.15) is 0 Å². The third-order valence-corrected chi connectivity index (χ3v) is 8.08. The molecule has 168 valence electrons. The van der Waals surface area contributed by atoms with E-state index in [9.17, 15) is 19.8 Å². The Hall–Kier alpha value is -0.993. The summed E-state index contributed by atoms with van der Waals surface area (Å²) in [6.07, 6.45) is 4.52. The van der Waals surface area contributed by atoms with Gasteiger partial charge in [0.1, 0.15) is 0 Å². The van der Waals surface area contributed by atoms with Gasteiger partial charge >= 0.3 is 0 Å². The molecule has 1 unspecified atom stereocenters. The molecule has 4 saturated carbocycles. The molecule has 1 aliphatic heterocycles. The molecule has 1 atom stereocenters. The van der Waals surface area contributed by atoms with Crippen LogP contribution in [-0.4, -0.2) is 39.3 Å². The normalized spacial score (nSPS) is 31.6. The number of amides is 2. The summed E-state index contributed by atoms with van der Waals surface area (Å²) in [7, 11) is 0. The van der Waals surface area contributed by atoms with Crippen LogP contribution in [0.25, 0.3) is 10.8 Å². The number of hydrogen-bond donors (Lipinski definition) is 2. The zero-order valence-electron chi connectivity index (χ0n) is 16.9. The maximum absolute atomic E-state index is 13.5. The average Bonchev–Trinajstić information content (AvgIpc) is 2.67. The first kappa shape index (κ1) is 23.2. The summed E-state index contributed by atoms with van der Waals surface area (Å²) >= 11 is 0. The zero-order chi connectivity index (χ0) is 19.9. The second kappa shape index (κ2) is 8.10. The van der Waals surface area contributed by atoms with Crippen molar-refractivity contribution in [3.05, 3.63) is 47.5 Å². The maximum Gasteiger partial charge on any atom is 0.261 e. The van der Waals surface area contributed by atoms with Gasteiger partial charge in [-0.1, -0.05) is 24.3 Å².